The third-order valence-corrected chi connectivity index (χ3v) is 5.77. The number of nitrogens with zero attached hydrogens (tertiary/aromatic N) is 2. The third-order valence-electron chi connectivity index (χ3n) is 4.00. The number of carbonyl (C=O) groups is 2. The first-order chi connectivity index (χ1) is 12.3. The zero-order valence-corrected chi connectivity index (χ0v) is 14.9. The van der Waals surface area contributed by atoms with Crippen LogP contribution < -0.4 is 10.6 Å². The van der Waals surface area contributed by atoms with Gasteiger partial charge < -0.3 is 10.6 Å². The van der Waals surface area contributed by atoms with Gasteiger partial charge in [-0.1, -0.05) is 0 Å². The Bertz CT molecular complexity index is 941. The van der Waals surface area contributed by atoms with E-state index in [0.29, 0.717) is 17.7 Å². The number of amides is 1. The van der Waals surface area contributed by atoms with Crippen molar-refractivity contribution in [1.29, 1.82) is 0 Å². The molecule has 1 aromatic heterocycles. The smallest absolute Gasteiger partial charge is 0.274 e. The van der Waals surface area contributed by atoms with Crippen LogP contribution in [0.25, 0.3) is 0 Å². The largest absolute Gasteiger partial charge is 0.350 e. The molecule has 0 radical (unpaired) electrons. The van der Waals surface area contributed by atoms with E-state index < -0.39 is 15.7 Å². The van der Waals surface area contributed by atoms with Crippen LogP contribution >= 0.6 is 0 Å². The molecule has 9 heteroatoms. The van der Waals surface area contributed by atoms with E-state index in [-0.39, 0.29) is 35.0 Å². The minimum absolute atomic E-state index is 0.0370. The van der Waals surface area contributed by atoms with Gasteiger partial charge in [-0.2, -0.15) is 0 Å². The summed E-state index contributed by atoms with van der Waals surface area (Å²) in [7, 11) is -3.01. The van der Waals surface area contributed by atoms with E-state index in [1.165, 1.54) is 19.2 Å². The van der Waals surface area contributed by atoms with Crippen LogP contribution in [0.3, 0.4) is 0 Å². The van der Waals surface area contributed by atoms with Crippen LogP contribution in [0.15, 0.2) is 36.5 Å². The van der Waals surface area contributed by atoms with Gasteiger partial charge in [-0.25, -0.2) is 18.4 Å². The first kappa shape index (κ1) is 18.0. The first-order valence-electron chi connectivity index (χ1n) is 8.05. The molecule has 2 N–H and O–H groups in total. The van der Waals surface area contributed by atoms with E-state index in [9.17, 15) is 18.0 Å². The summed E-state index contributed by atoms with van der Waals surface area (Å²) in [6.45, 7) is 1.47. The Kier molecular flexibility index (Phi) is 4.99. The molecule has 0 spiro atoms. The fourth-order valence-electron chi connectivity index (χ4n) is 2.63. The maximum Gasteiger partial charge on any atom is 0.274 e. The molecule has 1 aromatic carbocycles. The van der Waals surface area contributed by atoms with Gasteiger partial charge in [0.05, 0.1) is 11.5 Å². The van der Waals surface area contributed by atoms with Crippen LogP contribution in [0.1, 0.15) is 34.2 Å². The van der Waals surface area contributed by atoms with Crippen molar-refractivity contribution in [2.24, 2.45) is 0 Å². The second-order valence-electron chi connectivity index (χ2n) is 6.10. The highest BCUT2D eigenvalue weighted by Crippen LogP contribution is 2.16. The fraction of sp³-hybridized carbons (Fsp3) is 0.294. The number of nitrogens with one attached hydrogen (secondary N) is 2. The van der Waals surface area contributed by atoms with Gasteiger partial charge in [-0.15, -0.1) is 0 Å². The summed E-state index contributed by atoms with van der Waals surface area (Å²) < 4.78 is 23.0. The van der Waals surface area contributed by atoms with Crippen LogP contribution in [-0.4, -0.2) is 47.6 Å². The zero-order valence-electron chi connectivity index (χ0n) is 14.1. The summed E-state index contributed by atoms with van der Waals surface area (Å²) in [6, 6.07) is 7.75. The van der Waals surface area contributed by atoms with Gasteiger partial charge in [0.15, 0.2) is 15.6 Å². The van der Waals surface area contributed by atoms with E-state index in [2.05, 4.69) is 20.6 Å². The van der Waals surface area contributed by atoms with Crippen LogP contribution in [0, 0.1) is 0 Å². The Balaban J connectivity index is 1.67. The molecule has 26 heavy (non-hydrogen) atoms. The van der Waals surface area contributed by atoms with Gasteiger partial charge in [-0.3, -0.25) is 9.59 Å². The number of Topliss-reactive ketones (excluding diaryl/α,β-unsaturated/α-hetero) is 1. The second-order valence-corrected chi connectivity index (χ2v) is 8.33. The highest BCUT2D eigenvalue weighted by Gasteiger charge is 2.28. The topological polar surface area (TPSA) is 118 Å². The van der Waals surface area contributed by atoms with Crippen molar-refractivity contribution in [2.45, 2.75) is 19.4 Å². The maximum absolute atomic E-state index is 12.3. The SMILES string of the molecule is CC(=O)c1ccc(NC(=O)c2ccnc(NC3CCS(=O)(=O)C3)n2)cc1. The van der Waals surface area contributed by atoms with E-state index >= 15 is 0 Å². The van der Waals surface area contributed by atoms with E-state index in [1.807, 2.05) is 0 Å². The predicted octanol–water partition coefficient (Wildman–Crippen LogP) is 1.53. The molecule has 0 aliphatic carbocycles. The molecular weight excluding hydrogens is 356 g/mol. The molecule has 8 nitrogen and oxygen atoms in total. The molecular formula is C17H18N4O4S. The average molecular weight is 374 g/mol. The highest BCUT2D eigenvalue weighted by molar-refractivity contribution is 7.91. The fourth-order valence-corrected chi connectivity index (χ4v) is 4.30. The van der Waals surface area contributed by atoms with Gasteiger partial charge in [0.1, 0.15) is 5.69 Å². The Morgan fingerprint density at radius 1 is 1.15 bits per heavy atom. The van der Waals surface area contributed by atoms with Crippen LogP contribution in [-0.2, 0) is 9.84 Å². The number of rotatable bonds is 5. The Morgan fingerprint density at radius 3 is 2.50 bits per heavy atom. The zero-order chi connectivity index (χ0) is 18.7. The molecule has 1 aliphatic rings. The maximum atomic E-state index is 12.3. The number of hydrogen-bond donors (Lipinski definition) is 2. The molecule has 3 rings (SSSR count). The normalized spacial score (nSPS) is 18.3. The first-order valence-corrected chi connectivity index (χ1v) is 9.87. The Hall–Kier alpha value is -2.81. The molecule has 1 saturated heterocycles. The van der Waals surface area contributed by atoms with Crippen molar-refractivity contribution >= 4 is 33.2 Å². The molecule has 2 aromatic rings. The number of hydrogen-bond acceptors (Lipinski definition) is 7. The van der Waals surface area contributed by atoms with Crippen molar-refractivity contribution in [3.8, 4) is 0 Å². The van der Waals surface area contributed by atoms with Crippen molar-refractivity contribution in [2.75, 3.05) is 22.1 Å². The number of ketones is 1. The van der Waals surface area contributed by atoms with E-state index in [0.717, 1.165) is 0 Å². The van der Waals surface area contributed by atoms with E-state index in [4.69, 9.17) is 0 Å². The second kappa shape index (κ2) is 7.20. The van der Waals surface area contributed by atoms with Crippen LogP contribution in [0.4, 0.5) is 11.6 Å². The Morgan fingerprint density at radius 2 is 1.88 bits per heavy atom. The van der Waals surface area contributed by atoms with Gasteiger partial charge in [-0.05, 0) is 43.7 Å². The quantitative estimate of drug-likeness (QED) is 0.762. The molecule has 1 amide bonds. The highest BCUT2D eigenvalue weighted by atomic mass is 32.2. The van der Waals surface area contributed by atoms with Crippen LogP contribution in [0.2, 0.25) is 0 Å². The summed E-state index contributed by atoms with van der Waals surface area (Å²) in [5, 5.41) is 5.65. The molecule has 1 atom stereocenters. The van der Waals surface area contributed by atoms with Crippen LogP contribution in [0.5, 0.6) is 0 Å². The lowest BCUT2D eigenvalue weighted by Gasteiger charge is -2.11. The van der Waals surface area contributed by atoms with Crippen molar-refractivity contribution in [1.82, 2.24) is 9.97 Å². The number of aromatic nitrogens is 2. The molecule has 136 valence electrons. The van der Waals surface area contributed by atoms with Crippen molar-refractivity contribution < 1.29 is 18.0 Å². The van der Waals surface area contributed by atoms with Gasteiger partial charge in [0.2, 0.25) is 5.95 Å². The average Bonchev–Trinajstić information content (AvgIpc) is 2.94. The molecule has 2 heterocycles. The summed E-state index contributed by atoms with van der Waals surface area (Å²) in [5.41, 5.74) is 1.25. The number of anilines is 2. The molecule has 0 bridgehead atoms. The Labute approximate surface area is 151 Å². The van der Waals surface area contributed by atoms with E-state index in [1.54, 1.807) is 24.3 Å². The number of benzene rings is 1. The molecule has 1 unspecified atom stereocenters. The number of sulfone groups is 1. The van der Waals surface area contributed by atoms with Gasteiger partial charge >= 0.3 is 0 Å². The van der Waals surface area contributed by atoms with Crippen molar-refractivity contribution in [3.05, 3.63) is 47.8 Å². The standard InChI is InChI=1S/C17H18N4O4S/c1-11(22)12-2-4-13(5-3-12)19-16(23)15-6-8-18-17(21-15)20-14-7-9-26(24,25)10-14/h2-6,8,14H,7,9-10H2,1H3,(H,19,23)(H,18,20,21). The van der Waals surface area contributed by atoms with Gasteiger partial charge in [0.25, 0.3) is 5.91 Å². The van der Waals surface area contributed by atoms with Crippen molar-refractivity contribution in [3.63, 3.8) is 0 Å². The lowest BCUT2D eigenvalue weighted by molar-refractivity contribution is 0.101. The molecule has 1 aliphatic heterocycles. The predicted molar refractivity (Wildman–Crippen MR) is 97.1 cm³/mol. The minimum atomic E-state index is -3.01. The monoisotopic (exact) mass is 374 g/mol. The lowest BCUT2D eigenvalue weighted by Crippen LogP contribution is -2.23. The number of carbonyl (C=O) groups excluding carboxylic acids is 2. The van der Waals surface area contributed by atoms with Gasteiger partial charge in [0, 0.05) is 23.5 Å². The summed E-state index contributed by atoms with van der Waals surface area (Å²) >= 11 is 0. The summed E-state index contributed by atoms with van der Waals surface area (Å²) in [4.78, 5) is 31.8. The lowest BCUT2D eigenvalue weighted by atomic mass is 10.1. The summed E-state index contributed by atoms with van der Waals surface area (Å²) in [6.07, 6.45) is 1.93. The minimum Gasteiger partial charge on any atom is -0.350 e. The summed E-state index contributed by atoms with van der Waals surface area (Å²) in [5.74, 6) is -0.0869. The molecule has 0 saturated carbocycles. The third kappa shape index (κ3) is 4.42. The molecule has 1 fully saturated rings.